The van der Waals surface area contributed by atoms with Gasteiger partial charge in [0.25, 0.3) is 5.91 Å². The van der Waals surface area contributed by atoms with Gasteiger partial charge in [-0.2, -0.15) is 0 Å². The first-order valence-corrected chi connectivity index (χ1v) is 7.83. The maximum atomic E-state index is 12.3. The summed E-state index contributed by atoms with van der Waals surface area (Å²) in [5.74, 6) is -0.521. The van der Waals surface area contributed by atoms with Gasteiger partial charge in [0.1, 0.15) is 11.3 Å². The number of aromatic nitrogens is 1. The fraction of sp³-hybridized carbons (Fsp3) is 0.278. The quantitative estimate of drug-likeness (QED) is 0.761. The van der Waals surface area contributed by atoms with Crippen molar-refractivity contribution in [3.8, 4) is 11.6 Å². The van der Waals surface area contributed by atoms with Crippen LogP contribution in [0.25, 0.3) is 0 Å². The van der Waals surface area contributed by atoms with E-state index in [1.54, 1.807) is 24.4 Å². The summed E-state index contributed by atoms with van der Waals surface area (Å²) < 4.78 is 10.6. The molecule has 1 aromatic heterocycles. The lowest BCUT2D eigenvalue weighted by Crippen LogP contribution is -2.26. The zero-order valence-electron chi connectivity index (χ0n) is 14.1. The fourth-order valence-corrected chi connectivity index (χ4v) is 2.31. The molecule has 1 heterocycles. The number of nitrogens with zero attached hydrogens (tertiary/aromatic N) is 1. The lowest BCUT2D eigenvalue weighted by atomic mass is 10.1. The molecular formula is C18H20N2O5. The summed E-state index contributed by atoms with van der Waals surface area (Å²) in [4.78, 5) is 27.3. The van der Waals surface area contributed by atoms with E-state index in [0.717, 1.165) is 5.56 Å². The molecule has 7 nitrogen and oxygen atoms in total. The van der Waals surface area contributed by atoms with Crippen molar-refractivity contribution < 1.29 is 24.2 Å². The molecule has 1 amide bonds. The molecule has 0 radical (unpaired) electrons. The van der Waals surface area contributed by atoms with Gasteiger partial charge in [0.2, 0.25) is 5.88 Å². The number of carboxylic acid groups (broad SMARTS) is 1. The van der Waals surface area contributed by atoms with E-state index in [2.05, 4.69) is 10.3 Å². The summed E-state index contributed by atoms with van der Waals surface area (Å²) in [5.41, 5.74) is 1.34. The molecule has 132 valence electrons. The van der Waals surface area contributed by atoms with Gasteiger partial charge in [-0.15, -0.1) is 0 Å². The number of rotatable bonds is 8. The van der Waals surface area contributed by atoms with Gasteiger partial charge in [-0.3, -0.25) is 4.79 Å². The van der Waals surface area contributed by atoms with Gasteiger partial charge in [0.05, 0.1) is 19.3 Å². The second-order valence-corrected chi connectivity index (χ2v) is 5.13. The van der Waals surface area contributed by atoms with Crippen LogP contribution in [-0.4, -0.2) is 42.2 Å². The summed E-state index contributed by atoms with van der Waals surface area (Å²) in [7, 11) is 1.48. The Morgan fingerprint density at radius 3 is 2.76 bits per heavy atom. The molecule has 0 atom stereocenters. The standard InChI is InChI=1S/C18H20N2O5/c1-3-25-17-14(5-4-9-20-17)16(21)19-10-8-12-6-7-13(18(22)23)11-15(12)24-2/h4-7,9,11H,3,8,10H2,1-2H3,(H,19,21)(H,22,23). The van der Waals surface area contributed by atoms with Crippen LogP contribution in [0.4, 0.5) is 0 Å². The number of carboxylic acids is 1. The number of carbonyl (C=O) groups is 2. The zero-order chi connectivity index (χ0) is 18.2. The van der Waals surface area contributed by atoms with Gasteiger partial charge in [-0.05, 0) is 43.2 Å². The Hall–Kier alpha value is -3.09. The summed E-state index contributed by atoms with van der Waals surface area (Å²) in [5, 5.41) is 11.8. The minimum Gasteiger partial charge on any atom is -0.496 e. The third kappa shape index (κ3) is 4.69. The van der Waals surface area contributed by atoms with E-state index in [9.17, 15) is 9.59 Å². The first-order chi connectivity index (χ1) is 12.1. The zero-order valence-corrected chi connectivity index (χ0v) is 14.1. The van der Waals surface area contributed by atoms with Crippen molar-refractivity contribution >= 4 is 11.9 Å². The van der Waals surface area contributed by atoms with Crippen molar-refractivity contribution in [1.29, 1.82) is 0 Å². The largest absolute Gasteiger partial charge is 0.496 e. The molecule has 7 heteroatoms. The maximum absolute atomic E-state index is 12.3. The van der Waals surface area contributed by atoms with Gasteiger partial charge in [0, 0.05) is 12.7 Å². The van der Waals surface area contributed by atoms with Crippen LogP contribution in [0.2, 0.25) is 0 Å². The van der Waals surface area contributed by atoms with Crippen LogP contribution in [0.1, 0.15) is 33.2 Å². The number of aromatic carboxylic acids is 1. The van der Waals surface area contributed by atoms with Gasteiger partial charge in [-0.25, -0.2) is 9.78 Å². The number of nitrogens with one attached hydrogen (secondary N) is 1. The third-order valence-corrected chi connectivity index (χ3v) is 3.51. The van der Waals surface area contributed by atoms with Crippen LogP contribution >= 0.6 is 0 Å². The van der Waals surface area contributed by atoms with E-state index < -0.39 is 5.97 Å². The highest BCUT2D eigenvalue weighted by atomic mass is 16.5. The molecule has 2 N–H and O–H groups in total. The topological polar surface area (TPSA) is 97.8 Å². The molecule has 2 rings (SSSR count). The molecule has 0 aliphatic heterocycles. The second-order valence-electron chi connectivity index (χ2n) is 5.13. The smallest absolute Gasteiger partial charge is 0.335 e. The molecule has 0 aliphatic rings. The number of pyridine rings is 1. The van der Waals surface area contributed by atoms with Crippen LogP contribution in [-0.2, 0) is 6.42 Å². The van der Waals surface area contributed by atoms with E-state index >= 15 is 0 Å². The SMILES string of the molecule is CCOc1ncccc1C(=O)NCCc1ccc(C(=O)O)cc1OC. The number of benzene rings is 1. The summed E-state index contributed by atoms with van der Waals surface area (Å²) in [6.07, 6.45) is 2.07. The van der Waals surface area contributed by atoms with Crippen molar-refractivity contribution in [2.24, 2.45) is 0 Å². The van der Waals surface area contributed by atoms with Crippen LogP contribution in [0.15, 0.2) is 36.5 Å². The number of amides is 1. The van der Waals surface area contributed by atoms with Gasteiger partial charge in [0.15, 0.2) is 0 Å². The minimum absolute atomic E-state index is 0.154. The van der Waals surface area contributed by atoms with Crippen molar-refractivity contribution in [3.05, 3.63) is 53.2 Å². The number of methoxy groups -OCH3 is 1. The highest BCUT2D eigenvalue weighted by Crippen LogP contribution is 2.21. The Morgan fingerprint density at radius 1 is 1.28 bits per heavy atom. The summed E-state index contributed by atoms with van der Waals surface area (Å²) >= 11 is 0. The lowest BCUT2D eigenvalue weighted by molar-refractivity contribution is 0.0696. The van der Waals surface area contributed by atoms with Crippen LogP contribution in [0.5, 0.6) is 11.6 Å². The molecule has 0 aliphatic carbocycles. The van der Waals surface area contributed by atoms with Crippen LogP contribution < -0.4 is 14.8 Å². The first-order valence-electron chi connectivity index (χ1n) is 7.83. The molecule has 0 fully saturated rings. The van der Waals surface area contributed by atoms with Gasteiger partial charge in [-0.1, -0.05) is 6.07 Å². The number of hydrogen-bond acceptors (Lipinski definition) is 5. The van der Waals surface area contributed by atoms with Crippen LogP contribution in [0, 0.1) is 0 Å². The van der Waals surface area contributed by atoms with E-state index in [1.165, 1.54) is 19.2 Å². The molecule has 0 spiro atoms. The van der Waals surface area contributed by atoms with E-state index in [1.807, 2.05) is 6.92 Å². The molecular weight excluding hydrogens is 324 g/mol. The maximum Gasteiger partial charge on any atom is 0.335 e. The summed E-state index contributed by atoms with van der Waals surface area (Å²) in [6.45, 7) is 2.61. The Balaban J connectivity index is 2.01. The third-order valence-electron chi connectivity index (χ3n) is 3.51. The lowest BCUT2D eigenvalue weighted by Gasteiger charge is -2.11. The van der Waals surface area contributed by atoms with Crippen molar-refractivity contribution in [1.82, 2.24) is 10.3 Å². The second kappa shape index (κ2) is 8.68. The van der Waals surface area contributed by atoms with Gasteiger partial charge >= 0.3 is 5.97 Å². The fourth-order valence-electron chi connectivity index (χ4n) is 2.31. The highest BCUT2D eigenvalue weighted by Gasteiger charge is 2.14. The Labute approximate surface area is 145 Å². The molecule has 0 saturated carbocycles. The Morgan fingerprint density at radius 2 is 2.08 bits per heavy atom. The van der Waals surface area contributed by atoms with Crippen LogP contribution in [0.3, 0.4) is 0 Å². The monoisotopic (exact) mass is 344 g/mol. The van der Waals surface area contributed by atoms with Crippen molar-refractivity contribution in [2.45, 2.75) is 13.3 Å². The molecule has 25 heavy (non-hydrogen) atoms. The van der Waals surface area contributed by atoms with E-state index in [-0.39, 0.29) is 11.5 Å². The van der Waals surface area contributed by atoms with E-state index in [4.69, 9.17) is 14.6 Å². The summed E-state index contributed by atoms with van der Waals surface area (Å²) in [6, 6.07) is 7.98. The minimum atomic E-state index is -1.02. The predicted molar refractivity (Wildman–Crippen MR) is 91.4 cm³/mol. The average molecular weight is 344 g/mol. The highest BCUT2D eigenvalue weighted by molar-refractivity contribution is 5.96. The molecule has 0 bridgehead atoms. The van der Waals surface area contributed by atoms with Gasteiger partial charge < -0.3 is 19.9 Å². The number of hydrogen-bond donors (Lipinski definition) is 2. The first kappa shape index (κ1) is 18.3. The normalized spacial score (nSPS) is 10.2. The molecule has 0 unspecified atom stereocenters. The Bertz CT molecular complexity index is 761. The van der Waals surface area contributed by atoms with Crippen molar-refractivity contribution in [3.63, 3.8) is 0 Å². The average Bonchev–Trinajstić information content (AvgIpc) is 2.62. The Kier molecular flexibility index (Phi) is 6.33. The van der Waals surface area contributed by atoms with E-state index in [0.29, 0.717) is 36.8 Å². The van der Waals surface area contributed by atoms with Crippen molar-refractivity contribution in [2.75, 3.05) is 20.3 Å². The number of ether oxygens (including phenoxy) is 2. The molecule has 1 aromatic carbocycles. The number of carbonyl (C=O) groups excluding carboxylic acids is 1. The molecule has 2 aromatic rings. The predicted octanol–water partition coefficient (Wildman–Crippen LogP) is 2.16. The molecule has 0 saturated heterocycles.